The Morgan fingerprint density at radius 3 is 1.76 bits per heavy atom. The molecule has 0 aliphatic heterocycles. The second kappa shape index (κ2) is 5.22. The first-order valence-corrected chi connectivity index (χ1v) is 8.27. The van der Waals surface area contributed by atoms with E-state index in [0.717, 1.165) is 11.4 Å². The number of anilines is 2. The van der Waals surface area contributed by atoms with Crippen LogP contribution in [0.25, 0.3) is 32.3 Å². The molecule has 5 rings (SSSR count). The standard InChI is InChI=1S/C23H14N2/c24-14-15-4-10-20(11-5-15)25-21-12-18-8-6-16-2-1-3-17-7-9-19(13-21)23(18)22(16)17/h1-13,25H. The first-order chi connectivity index (χ1) is 12.3. The topological polar surface area (TPSA) is 35.8 Å². The molecule has 0 heterocycles. The van der Waals surface area contributed by atoms with E-state index in [-0.39, 0.29) is 0 Å². The summed E-state index contributed by atoms with van der Waals surface area (Å²) >= 11 is 0. The largest absolute Gasteiger partial charge is 0.355 e. The summed E-state index contributed by atoms with van der Waals surface area (Å²) in [5, 5.41) is 20.1. The Labute approximate surface area is 145 Å². The summed E-state index contributed by atoms with van der Waals surface area (Å²) in [4.78, 5) is 0. The number of nitriles is 1. The molecule has 0 saturated heterocycles. The van der Waals surface area contributed by atoms with E-state index >= 15 is 0 Å². The van der Waals surface area contributed by atoms with E-state index < -0.39 is 0 Å². The maximum absolute atomic E-state index is 8.92. The maximum atomic E-state index is 8.92. The van der Waals surface area contributed by atoms with Crippen molar-refractivity contribution in [2.24, 2.45) is 0 Å². The van der Waals surface area contributed by atoms with Crippen molar-refractivity contribution in [3.8, 4) is 6.07 Å². The molecule has 116 valence electrons. The molecule has 0 aliphatic carbocycles. The Hall–Kier alpha value is -3.57. The van der Waals surface area contributed by atoms with Crippen molar-refractivity contribution in [2.75, 3.05) is 5.32 Å². The lowest BCUT2D eigenvalue weighted by Crippen LogP contribution is -1.92. The Bertz CT molecular complexity index is 1200. The molecule has 0 spiro atoms. The molecule has 25 heavy (non-hydrogen) atoms. The summed E-state index contributed by atoms with van der Waals surface area (Å²) in [6, 6.07) is 29.2. The highest BCUT2D eigenvalue weighted by Gasteiger charge is 2.09. The van der Waals surface area contributed by atoms with Crippen LogP contribution in [-0.4, -0.2) is 0 Å². The third-order valence-corrected chi connectivity index (χ3v) is 4.77. The predicted octanol–water partition coefficient (Wildman–Crippen LogP) is 6.20. The summed E-state index contributed by atoms with van der Waals surface area (Å²) in [5.41, 5.74) is 2.70. The summed E-state index contributed by atoms with van der Waals surface area (Å²) in [6.07, 6.45) is 0. The van der Waals surface area contributed by atoms with Gasteiger partial charge in [0.15, 0.2) is 0 Å². The predicted molar refractivity (Wildman–Crippen MR) is 105 cm³/mol. The van der Waals surface area contributed by atoms with E-state index in [4.69, 9.17) is 5.26 Å². The molecular formula is C23H14N2. The molecule has 5 aromatic carbocycles. The first-order valence-electron chi connectivity index (χ1n) is 8.27. The van der Waals surface area contributed by atoms with Crippen molar-refractivity contribution in [1.82, 2.24) is 0 Å². The Morgan fingerprint density at radius 1 is 0.600 bits per heavy atom. The number of rotatable bonds is 2. The number of benzene rings is 5. The zero-order valence-corrected chi connectivity index (χ0v) is 13.5. The monoisotopic (exact) mass is 318 g/mol. The molecule has 0 radical (unpaired) electrons. The first kappa shape index (κ1) is 13.8. The van der Waals surface area contributed by atoms with Crippen molar-refractivity contribution in [3.05, 3.63) is 84.4 Å². The average molecular weight is 318 g/mol. The van der Waals surface area contributed by atoms with Gasteiger partial charge in [-0.05, 0) is 68.7 Å². The van der Waals surface area contributed by atoms with Crippen LogP contribution in [0.2, 0.25) is 0 Å². The molecule has 2 nitrogen and oxygen atoms in total. The molecule has 0 atom stereocenters. The fourth-order valence-corrected chi connectivity index (χ4v) is 3.62. The van der Waals surface area contributed by atoms with Crippen LogP contribution >= 0.6 is 0 Å². The van der Waals surface area contributed by atoms with Crippen LogP contribution in [0.5, 0.6) is 0 Å². The molecular weight excluding hydrogens is 304 g/mol. The molecule has 2 heteroatoms. The van der Waals surface area contributed by atoms with Crippen molar-refractivity contribution < 1.29 is 0 Å². The van der Waals surface area contributed by atoms with Gasteiger partial charge in [0.2, 0.25) is 0 Å². The Balaban J connectivity index is 1.68. The quantitative estimate of drug-likeness (QED) is 0.393. The summed E-state index contributed by atoms with van der Waals surface area (Å²) < 4.78 is 0. The molecule has 0 saturated carbocycles. The van der Waals surface area contributed by atoms with Crippen molar-refractivity contribution in [2.45, 2.75) is 0 Å². The minimum atomic E-state index is 0.668. The Kier molecular flexibility index (Phi) is 2.89. The SMILES string of the molecule is N#Cc1ccc(Nc2cc3ccc4cccc5ccc(c2)c3c45)cc1. The molecule has 0 aromatic heterocycles. The van der Waals surface area contributed by atoms with Gasteiger partial charge in [0.1, 0.15) is 0 Å². The van der Waals surface area contributed by atoms with Crippen molar-refractivity contribution in [3.63, 3.8) is 0 Å². The molecule has 5 aromatic rings. The van der Waals surface area contributed by atoms with Crippen LogP contribution in [0.3, 0.4) is 0 Å². The molecule has 0 unspecified atom stereocenters. The van der Waals surface area contributed by atoms with Crippen LogP contribution in [0.4, 0.5) is 11.4 Å². The number of nitrogens with zero attached hydrogens (tertiary/aromatic N) is 1. The number of nitrogens with one attached hydrogen (secondary N) is 1. The zero-order valence-electron chi connectivity index (χ0n) is 13.5. The van der Waals surface area contributed by atoms with Gasteiger partial charge >= 0.3 is 0 Å². The average Bonchev–Trinajstić information content (AvgIpc) is 2.66. The van der Waals surface area contributed by atoms with Gasteiger partial charge < -0.3 is 5.32 Å². The minimum Gasteiger partial charge on any atom is -0.355 e. The number of hydrogen-bond donors (Lipinski definition) is 1. The molecule has 0 amide bonds. The van der Waals surface area contributed by atoms with E-state index in [1.54, 1.807) is 0 Å². The number of hydrogen-bond acceptors (Lipinski definition) is 2. The normalized spacial score (nSPS) is 11.2. The van der Waals surface area contributed by atoms with Crippen molar-refractivity contribution in [1.29, 1.82) is 5.26 Å². The van der Waals surface area contributed by atoms with Gasteiger partial charge in [0.25, 0.3) is 0 Å². The van der Waals surface area contributed by atoms with Gasteiger partial charge in [-0.25, -0.2) is 0 Å². The summed E-state index contributed by atoms with van der Waals surface area (Å²) in [7, 11) is 0. The summed E-state index contributed by atoms with van der Waals surface area (Å²) in [5.74, 6) is 0. The fraction of sp³-hybridized carbons (Fsp3) is 0. The van der Waals surface area contributed by atoms with Gasteiger partial charge in [-0.2, -0.15) is 5.26 Å². The third kappa shape index (κ3) is 2.18. The molecule has 1 N–H and O–H groups in total. The molecule has 0 bridgehead atoms. The van der Waals surface area contributed by atoms with Crippen LogP contribution in [0.1, 0.15) is 5.56 Å². The van der Waals surface area contributed by atoms with Crippen LogP contribution in [-0.2, 0) is 0 Å². The van der Waals surface area contributed by atoms with Gasteiger partial charge in [0, 0.05) is 11.4 Å². The third-order valence-electron chi connectivity index (χ3n) is 4.77. The smallest absolute Gasteiger partial charge is 0.0991 e. The van der Waals surface area contributed by atoms with Gasteiger partial charge in [-0.3, -0.25) is 0 Å². The second-order valence-electron chi connectivity index (χ2n) is 6.32. The lowest BCUT2D eigenvalue weighted by Gasteiger charge is -2.13. The van der Waals surface area contributed by atoms with Crippen LogP contribution in [0, 0.1) is 11.3 Å². The lowest BCUT2D eigenvalue weighted by molar-refractivity contribution is 1.48. The van der Waals surface area contributed by atoms with E-state index in [1.807, 2.05) is 24.3 Å². The fourth-order valence-electron chi connectivity index (χ4n) is 3.62. The van der Waals surface area contributed by atoms with Crippen molar-refractivity contribution >= 4 is 43.7 Å². The van der Waals surface area contributed by atoms with Gasteiger partial charge in [-0.1, -0.05) is 42.5 Å². The Morgan fingerprint density at radius 2 is 1.16 bits per heavy atom. The highest BCUT2D eigenvalue weighted by molar-refractivity contribution is 6.23. The minimum absolute atomic E-state index is 0.668. The van der Waals surface area contributed by atoms with Crippen LogP contribution in [0.15, 0.2) is 78.9 Å². The maximum Gasteiger partial charge on any atom is 0.0991 e. The van der Waals surface area contributed by atoms with E-state index in [9.17, 15) is 0 Å². The summed E-state index contributed by atoms with van der Waals surface area (Å²) in [6.45, 7) is 0. The van der Waals surface area contributed by atoms with E-state index in [1.165, 1.54) is 32.3 Å². The van der Waals surface area contributed by atoms with E-state index in [0.29, 0.717) is 5.56 Å². The van der Waals surface area contributed by atoms with Crippen LogP contribution < -0.4 is 5.32 Å². The van der Waals surface area contributed by atoms with E-state index in [2.05, 4.69) is 66.0 Å². The molecule has 0 fully saturated rings. The second-order valence-corrected chi connectivity index (χ2v) is 6.32. The lowest BCUT2D eigenvalue weighted by atomic mass is 9.94. The highest BCUT2D eigenvalue weighted by Crippen LogP contribution is 2.36. The molecule has 0 aliphatic rings. The van der Waals surface area contributed by atoms with Gasteiger partial charge in [0.05, 0.1) is 11.6 Å². The zero-order chi connectivity index (χ0) is 16.8. The highest BCUT2D eigenvalue weighted by atomic mass is 14.9. The van der Waals surface area contributed by atoms with Gasteiger partial charge in [-0.15, -0.1) is 0 Å².